The lowest BCUT2D eigenvalue weighted by Crippen LogP contribution is -2.60. The standard InChI is InChI=1S/C12H23NO2Si/c1-10(2,3)16(5,6)15-11(4)7-12(14,8-11)9-13/h14H,7-8H2,1-6H3. The van der Waals surface area contributed by atoms with Crippen molar-refractivity contribution < 1.29 is 9.53 Å². The fourth-order valence-electron chi connectivity index (χ4n) is 2.11. The molecule has 4 heteroatoms. The van der Waals surface area contributed by atoms with E-state index < -0.39 is 13.9 Å². The van der Waals surface area contributed by atoms with E-state index >= 15 is 0 Å². The van der Waals surface area contributed by atoms with Gasteiger partial charge in [-0.3, -0.25) is 0 Å². The normalized spacial score (nSPS) is 35.4. The molecule has 0 aromatic heterocycles. The summed E-state index contributed by atoms with van der Waals surface area (Å²) in [5.74, 6) is 0. The van der Waals surface area contributed by atoms with E-state index in [9.17, 15) is 5.11 Å². The number of aliphatic hydroxyl groups is 1. The van der Waals surface area contributed by atoms with Crippen molar-refractivity contribution in [3.63, 3.8) is 0 Å². The summed E-state index contributed by atoms with van der Waals surface area (Å²) in [5, 5.41) is 18.7. The van der Waals surface area contributed by atoms with E-state index in [1.54, 1.807) is 0 Å². The molecule has 0 radical (unpaired) electrons. The molecule has 3 nitrogen and oxygen atoms in total. The molecule has 92 valence electrons. The van der Waals surface area contributed by atoms with Crippen molar-refractivity contribution >= 4 is 8.32 Å². The van der Waals surface area contributed by atoms with Gasteiger partial charge < -0.3 is 9.53 Å². The van der Waals surface area contributed by atoms with Crippen LogP contribution in [0.25, 0.3) is 0 Å². The Labute approximate surface area is 99.6 Å². The molecule has 0 unspecified atom stereocenters. The molecule has 1 aliphatic carbocycles. The predicted molar refractivity (Wildman–Crippen MR) is 66.5 cm³/mol. The van der Waals surface area contributed by atoms with Gasteiger partial charge in [0.2, 0.25) is 0 Å². The van der Waals surface area contributed by atoms with Crippen LogP contribution in [0.4, 0.5) is 0 Å². The minimum atomic E-state index is -1.81. The highest BCUT2D eigenvalue weighted by Crippen LogP contribution is 2.48. The average Bonchev–Trinajstić information content (AvgIpc) is 1.97. The first-order valence-corrected chi connectivity index (χ1v) is 8.68. The molecule has 0 amide bonds. The predicted octanol–water partition coefficient (Wildman–Crippen LogP) is 2.82. The van der Waals surface area contributed by atoms with Crippen LogP contribution in [0, 0.1) is 11.3 Å². The van der Waals surface area contributed by atoms with Gasteiger partial charge in [0.1, 0.15) is 0 Å². The van der Waals surface area contributed by atoms with Gasteiger partial charge in [-0.15, -0.1) is 0 Å². The Bertz CT molecular complexity index is 319. The van der Waals surface area contributed by atoms with Crippen LogP contribution in [-0.4, -0.2) is 24.6 Å². The topological polar surface area (TPSA) is 53.2 Å². The number of hydrogen-bond acceptors (Lipinski definition) is 3. The molecule has 1 saturated carbocycles. The third-order valence-electron chi connectivity index (χ3n) is 3.85. The summed E-state index contributed by atoms with van der Waals surface area (Å²) in [6.07, 6.45) is 0.867. The maximum atomic E-state index is 9.73. The summed E-state index contributed by atoms with van der Waals surface area (Å²) in [6.45, 7) is 13.0. The van der Waals surface area contributed by atoms with E-state index in [-0.39, 0.29) is 10.6 Å². The van der Waals surface area contributed by atoms with Crippen LogP contribution in [0.15, 0.2) is 0 Å². The molecule has 0 bridgehead atoms. The largest absolute Gasteiger partial charge is 0.411 e. The van der Waals surface area contributed by atoms with Gasteiger partial charge in [0, 0.05) is 12.8 Å². The second-order valence-electron chi connectivity index (χ2n) is 6.81. The number of nitrogens with zero attached hydrogens (tertiary/aromatic N) is 1. The van der Waals surface area contributed by atoms with Gasteiger partial charge in [0.25, 0.3) is 0 Å². The molecular formula is C12H23NO2Si. The van der Waals surface area contributed by atoms with E-state index in [2.05, 4.69) is 33.9 Å². The quantitative estimate of drug-likeness (QED) is 0.597. The molecule has 0 aromatic rings. The highest BCUT2D eigenvalue weighted by molar-refractivity contribution is 6.74. The molecule has 0 aromatic carbocycles. The van der Waals surface area contributed by atoms with E-state index in [1.807, 2.05) is 13.0 Å². The van der Waals surface area contributed by atoms with Crippen LogP contribution < -0.4 is 0 Å². The molecule has 0 atom stereocenters. The van der Waals surface area contributed by atoms with Gasteiger partial charge in [0.15, 0.2) is 13.9 Å². The molecule has 0 heterocycles. The Morgan fingerprint density at radius 3 is 2.06 bits per heavy atom. The SMILES string of the molecule is CC1(O[Si](C)(C)C(C)(C)C)CC(O)(C#N)C1. The van der Waals surface area contributed by atoms with E-state index in [1.165, 1.54) is 0 Å². The van der Waals surface area contributed by atoms with Crippen molar-refractivity contribution in [1.82, 2.24) is 0 Å². The zero-order valence-corrected chi connectivity index (χ0v) is 12.2. The van der Waals surface area contributed by atoms with E-state index in [0.717, 1.165) is 0 Å². The smallest absolute Gasteiger partial charge is 0.192 e. The Morgan fingerprint density at radius 1 is 1.31 bits per heavy atom. The second kappa shape index (κ2) is 3.56. The average molecular weight is 241 g/mol. The summed E-state index contributed by atoms with van der Waals surface area (Å²) in [5.41, 5.74) is -1.47. The summed E-state index contributed by atoms with van der Waals surface area (Å²) in [6, 6.07) is 1.95. The molecular weight excluding hydrogens is 218 g/mol. The number of nitriles is 1. The van der Waals surface area contributed by atoms with Crippen LogP contribution in [0.3, 0.4) is 0 Å². The van der Waals surface area contributed by atoms with Crippen molar-refractivity contribution in [2.24, 2.45) is 0 Å². The Kier molecular flexibility index (Phi) is 3.05. The van der Waals surface area contributed by atoms with Crippen molar-refractivity contribution in [3.05, 3.63) is 0 Å². The monoisotopic (exact) mass is 241 g/mol. The van der Waals surface area contributed by atoms with Gasteiger partial charge in [-0.2, -0.15) is 5.26 Å². The highest BCUT2D eigenvalue weighted by atomic mass is 28.4. The lowest BCUT2D eigenvalue weighted by Gasteiger charge is -2.53. The number of hydrogen-bond donors (Lipinski definition) is 1. The van der Waals surface area contributed by atoms with E-state index in [0.29, 0.717) is 12.8 Å². The Morgan fingerprint density at radius 2 is 1.75 bits per heavy atom. The second-order valence-corrected chi connectivity index (χ2v) is 11.5. The third-order valence-corrected chi connectivity index (χ3v) is 8.46. The van der Waals surface area contributed by atoms with Crippen LogP contribution in [0.1, 0.15) is 40.5 Å². The zero-order chi connectivity index (χ0) is 12.8. The van der Waals surface area contributed by atoms with Crippen molar-refractivity contribution in [2.45, 2.75) is 69.9 Å². The molecule has 0 aliphatic heterocycles. The molecule has 0 spiro atoms. The van der Waals surface area contributed by atoms with Crippen LogP contribution in [0.5, 0.6) is 0 Å². The summed E-state index contributed by atoms with van der Waals surface area (Å²) in [7, 11) is -1.81. The molecule has 16 heavy (non-hydrogen) atoms. The third kappa shape index (κ3) is 2.48. The lowest BCUT2D eigenvalue weighted by atomic mass is 9.69. The fourth-order valence-corrected chi connectivity index (χ4v) is 3.79. The minimum absolute atomic E-state index is 0.163. The molecule has 0 saturated heterocycles. The molecule has 1 fully saturated rings. The van der Waals surface area contributed by atoms with Crippen LogP contribution in [-0.2, 0) is 4.43 Å². The highest BCUT2D eigenvalue weighted by Gasteiger charge is 2.55. The van der Waals surface area contributed by atoms with Gasteiger partial charge >= 0.3 is 0 Å². The maximum absolute atomic E-state index is 9.73. The van der Waals surface area contributed by atoms with Crippen molar-refractivity contribution in [1.29, 1.82) is 5.26 Å². The first-order valence-electron chi connectivity index (χ1n) is 5.77. The summed E-state index contributed by atoms with van der Waals surface area (Å²) < 4.78 is 6.25. The fraction of sp³-hybridized carbons (Fsp3) is 0.917. The Hall–Kier alpha value is -0.373. The maximum Gasteiger partial charge on any atom is 0.192 e. The zero-order valence-electron chi connectivity index (χ0n) is 11.2. The summed E-state index contributed by atoms with van der Waals surface area (Å²) >= 11 is 0. The number of rotatable bonds is 2. The van der Waals surface area contributed by atoms with Gasteiger partial charge in [-0.25, -0.2) is 0 Å². The molecule has 1 rings (SSSR count). The van der Waals surface area contributed by atoms with Gasteiger partial charge in [-0.05, 0) is 25.1 Å². The Balaban J connectivity index is 2.69. The first-order chi connectivity index (χ1) is 6.93. The van der Waals surface area contributed by atoms with Crippen LogP contribution >= 0.6 is 0 Å². The van der Waals surface area contributed by atoms with E-state index in [4.69, 9.17) is 9.69 Å². The lowest BCUT2D eigenvalue weighted by molar-refractivity contribution is -0.130. The molecule has 1 aliphatic rings. The first kappa shape index (κ1) is 13.7. The molecule has 1 N–H and O–H groups in total. The summed E-state index contributed by atoms with van der Waals surface area (Å²) in [4.78, 5) is 0. The minimum Gasteiger partial charge on any atom is -0.411 e. The van der Waals surface area contributed by atoms with Crippen molar-refractivity contribution in [2.75, 3.05) is 0 Å². The van der Waals surface area contributed by atoms with Crippen LogP contribution in [0.2, 0.25) is 18.1 Å². The van der Waals surface area contributed by atoms with Gasteiger partial charge in [0.05, 0.1) is 11.7 Å². The van der Waals surface area contributed by atoms with Crippen molar-refractivity contribution in [3.8, 4) is 6.07 Å². The van der Waals surface area contributed by atoms with Gasteiger partial charge in [-0.1, -0.05) is 20.8 Å².